The number of benzene rings is 1. The second kappa shape index (κ2) is 4.76. The first-order valence-corrected chi connectivity index (χ1v) is 4.13. The van der Waals surface area contributed by atoms with Crippen molar-refractivity contribution in [2.45, 2.75) is 0 Å². The lowest BCUT2D eigenvalue weighted by Gasteiger charge is -2.09. The fourth-order valence-corrected chi connectivity index (χ4v) is 1.02. The molecule has 0 aliphatic carbocycles. The molecule has 0 unspecified atom stereocenters. The summed E-state index contributed by atoms with van der Waals surface area (Å²) in [6.07, 6.45) is 0. The van der Waals surface area contributed by atoms with E-state index in [-0.39, 0.29) is 11.4 Å². The van der Waals surface area contributed by atoms with E-state index >= 15 is 0 Å². The number of hydrogen-bond acceptors (Lipinski definition) is 3. The Morgan fingerprint density at radius 1 is 1.43 bits per heavy atom. The van der Waals surface area contributed by atoms with Crippen molar-refractivity contribution in [3.63, 3.8) is 0 Å². The number of nitrogen functional groups attached to an aromatic ring is 1. The topological polar surface area (TPSA) is 47.3 Å². The number of hydrogen-bond donors (Lipinski definition) is 2. The van der Waals surface area contributed by atoms with Crippen LogP contribution in [0.2, 0.25) is 0 Å². The predicted octanol–water partition coefficient (Wildman–Crippen LogP) is 1.61. The number of nitrogens with two attached hydrogens (primary N) is 1. The molecule has 3 nitrogen and oxygen atoms in total. The highest BCUT2D eigenvalue weighted by molar-refractivity contribution is 5.66. The van der Waals surface area contributed by atoms with Crippen LogP contribution in [0, 0.1) is 11.6 Å². The molecule has 78 valence electrons. The van der Waals surface area contributed by atoms with Gasteiger partial charge in [-0.3, -0.25) is 0 Å². The molecule has 0 amide bonds. The van der Waals surface area contributed by atoms with Crippen molar-refractivity contribution < 1.29 is 13.5 Å². The van der Waals surface area contributed by atoms with Gasteiger partial charge in [-0.1, -0.05) is 0 Å². The van der Waals surface area contributed by atoms with Crippen LogP contribution in [0.1, 0.15) is 0 Å². The van der Waals surface area contributed by atoms with Gasteiger partial charge in [0.05, 0.1) is 18.0 Å². The number of anilines is 2. The van der Waals surface area contributed by atoms with Gasteiger partial charge in [-0.25, -0.2) is 8.78 Å². The number of ether oxygens (including phenoxy) is 1. The van der Waals surface area contributed by atoms with E-state index in [0.717, 1.165) is 6.07 Å². The number of methoxy groups -OCH3 is 1. The van der Waals surface area contributed by atoms with Gasteiger partial charge in [0.25, 0.3) is 0 Å². The zero-order valence-corrected chi connectivity index (χ0v) is 7.81. The fourth-order valence-electron chi connectivity index (χ4n) is 1.02. The summed E-state index contributed by atoms with van der Waals surface area (Å²) in [7, 11) is 1.52. The maximum Gasteiger partial charge on any atom is 0.183 e. The molecule has 1 rings (SSSR count). The number of nitrogens with one attached hydrogen (secondary N) is 1. The van der Waals surface area contributed by atoms with E-state index < -0.39 is 11.6 Å². The predicted molar refractivity (Wildman–Crippen MR) is 51.1 cm³/mol. The average molecular weight is 202 g/mol. The fraction of sp³-hybridized carbons (Fsp3) is 0.333. The van der Waals surface area contributed by atoms with Crippen molar-refractivity contribution in [1.82, 2.24) is 0 Å². The molecule has 0 fully saturated rings. The van der Waals surface area contributed by atoms with Crippen LogP contribution in [0.5, 0.6) is 0 Å². The molecule has 0 atom stereocenters. The highest BCUT2D eigenvalue weighted by Gasteiger charge is 2.10. The Morgan fingerprint density at radius 2 is 2.14 bits per heavy atom. The Balaban J connectivity index is 2.79. The maximum atomic E-state index is 13.1. The largest absolute Gasteiger partial charge is 0.397 e. The molecule has 1 aromatic rings. The molecule has 0 radical (unpaired) electrons. The quantitative estimate of drug-likeness (QED) is 0.576. The van der Waals surface area contributed by atoms with Gasteiger partial charge in [0.2, 0.25) is 0 Å². The average Bonchev–Trinajstić information content (AvgIpc) is 2.18. The van der Waals surface area contributed by atoms with Gasteiger partial charge in [-0.15, -0.1) is 0 Å². The van der Waals surface area contributed by atoms with Crippen molar-refractivity contribution in [3.8, 4) is 0 Å². The van der Waals surface area contributed by atoms with Crippen LogP contribution in [0.4, 0.5) is 20.2 Å². The summed E-state index contributed by atoms with van der Waals surface area (Å²) in [5.41, 5.74) is 5.63. The van der Waals surface area contributed by atoms with Gasteiger partial charge in [0.15, 0.2) is 11.6 Å². The Morgan fingerprint density at radius 3 is 2.79 bits per heavy atom. The minimum Gasteiger partial charge on any atom is -0.397 e. The lowest BCUT2D eigenvalue weighted by atomic mass is 10.2. The van der Waals surface area contributed by atoms with E-state index in [2.05, 4.69) is 5.32 Å². The number of halogens is 2. The maximum absolute atomic E-state index is 13.1. The van der Waals surface area contributed by atoms with Crippen molar-refractivity contribution in [2.24, 2.45) is 0 Å². The standard InChI is InChI=1S/C9H12F2N2O/c1-14-5-4-13-9-7(12)3-2-6(10)8(9)11/h2-3,13H,4-5,12H2,1H3. The first-order valence-electron chi connectivity index (χ1n) is 4.13. The van der Waals surface area contributed by atoms with Crippen molar-refractivity contribution in [2.75, 3.05) is 31.3 Å². The summed E-state index contributed by atoms with van der Waals surface area (Å²) >= 11 is 0. The SMILES string of the molecule is COCCNc1c(N)ccc(F)c1F. The zero-order valence-electron chi connectivity index (χ0n) is 7.81. The molecule has 0 aromatic heterocycles. The Kier molecular flexibility index (Phi) is 3.64. The Hall–Kier alpha value is -1.36. The van der Waals surface area contributed by atoms with Gasteiger partial charge in [-0.2, -0.15) is 0 Å². The van der Waals surface area contributed by atoms with Crippen LogP contribution < -0.4 is 11.1 Å². The van der Waals surface area contributed by atoms with Gasteiger partial charge in [-0.05, 0) is 12.1 Å². The highest BCUT2D eigenvalue weighted by Crippen LogP contribution is 2.23. The molecule has 0 bridgehead atoms. The molecule has 5 heteroatoms. The van der Waals surface area contributed by atoms with E-state index in [1.165, 1.54) is 13.2 Å². The number of rotatable bonds is 4. The van der Waals surface area contributed by atoms with E-state index in [0.29, 0.717) is 13.2 Å². The highest BCUT2D eigenvalue weighted by atomic mass is 19.2. The summed E-state index contributed by atoms with van der Waals surface area (Å²) in [4.78, 5) is 0. The smallest absolute Gasteiger partial charge is 0.183 e. The van der Waals surface area contributed by atoms with Crippen molar-refractivity contribution >= 4 is 11.4 Å². The summed E-state index contributed by atoms with van der Waals surface area (Å²) in [5, 5.41) is 2.66. The van der Waals surface area contributed by atoms with Crippen LogP contribution in [0.15, 0.2) is 12.1 Å². The van der Waals surface area contributed by atoms with Crippen LogP contribution in [0.3, 0.4) is 0 Å². The summed E-state index contributed by atoms with van der Waals surface area (Å²) < 4.78 is 30.7. The van der Waals surface area contributed by atoms with Crippen molar-refractivity contribution in [1.29, 1.82) is 0 Å². The molecule has 0 saturated heterocycles. The van der Waals surface area contributed by atoms with Crippen LogP contribution in [-0.2, 0) is 4.74 Å². The summed E-state index contributed by atoms with van der Waals surface area (Å²) in [6.45, 7) is 0.774. The molecule has 0 aliphatic heterocycles. The van der Waals surface area contributed by atoms with E-state index in [1.54, 1.807) is 0 Å². The third kappa shape index (κ3) is 2.32. The third-order valence-corrected chi connectivity index (χ3v) is 1.74. The van der Waals surface area contributed by atoms with Gasteiger partial charge >= 0.3 is 0 Å². The monoisotopic (exact) mass is 202 g/mol. The zero-order chi connectivity index (χ0) is 10.6. The van der Waals surface area contributed by atoms with Crippen LogP contribution >= 0.6 is 0 Å². The molecule has 0 heterocycles. The van der Waals surface area contributed by atoms with E-state index in [9.17, 15) is 8.78 Å². The first kappa shape index (κ1) is 10.7. The first-order chi connectivity index (χ1) is 6.66. The lowest BCUT2D eigenvalue weighted by Crippen LogP contribution is -2.11. The third-order valence-electron chi connectivity index (χ3n) is 1.74. The minimum absolute atomic E-state index is 0.0120. The molecule has 0 spiro atoms. The van der Waals surface area contributed by atoms with Gasteiger partial charge in [0.1, 0.15) is 0 Å². The summed E-state index contributed by atoms with van der Waals surface area (Å²) in [5.74, 6) is -1.87. The minimum atomic E-state index is -0.957. The lowest BCUT2D eigenvalue weighted by molar-refractivity contribution is 0.210. The van der Waals surface area contributed by atoms with Gasteiger partial charge in [0, 0.05) is 13.7 Å². The molecule has 0 aliphatic rings. The molecular formula is C9H12F2N2O. The molecule has 3 N–H and O–H groups in total. The van der Waals surface area contributed by atoms with Gasteiger partial charge < -0.3 is 15.8 Å². The summed E-state index contributed by atoms with van der Waals surface area (Å²) in [6, 6.07) is 2.31. The normalized spacial score (nSPS) is 10.2. The molecular weight excluding hydrogens is 190 g/mol. The molecule has 1 aromatic carbocycles. The second-order valence-corrected chi connectivity index (χ2v) is 2.75. The Bertz CT molecular complexity index is 318. The molecule has 0 saturated carbocycles. The van der Waals surface area contributed by atoms with E-state index in [1.807, 2.05) is 0 Å². The van der Waals surface area contributed by atoms with Crippen molar-refractivity contribution in [3.05, 3.63) is 23.8 Å². The van der Waals surface area contributed by atoms with Crippen LogP contribution in [-0.4, -0.2) is 20.3 Å². The van der Waals surface area contributed by atoms with Crippen LogP contribution in [0.25, 0.3) is 0 Å². The molecule has 14 heavy (non-hydrogen) atoms. The Labute approximate surface area is 80.9 Å². The van der Waals surface area contributed by atoms with E-state index in [4.69, 9.17) is 10.5 Å². The second-order valence-electron chi connectivity index (χ2n) is 2.75.